The summed E-state index contributed by atoms with van der Waals surface area (Å²) in [4.78, 5) is 20.3. The summed E-state index contributed by atoms with van der Waals surface area (Å²) in [6.07, 6.45) is 3.88. The number of nitrogens with zero attached hydrogens (tertiary/aromatic N) is 7. The summed E-state index contributed by atoms with van der Waals surface area (Å²) >= 11 is 0. The highest BCUT2D eigenvalue weighted by atomic mass is 15.4. The first-order valence-corrected chi connectivity index (χ1v) is 11.3. The van der Waals surface area contributed by atoms with Crippen molar-refractivity contribution in [1.29, 1.82) is 0 Å². The number of pyridine rings is 1. The second-order valence-electron chi connectivity index (χ2n) is 7.87. The highest BCUT2D eigenvalue weighted by molar-refractivity contribution is 5.89. The van der Waals surface area contributed by atoms with Crippen molar-refractivity contribution < 1.29 is 4.98 Å². The Morgan fingerprint density at radius 2 is 1.59 bits per heavy atom. The molecule has 1 aliphatic rings. The molecule has 4 heterocycles. The maximum Gasteiger partial charge on any atom is 0.274 e. The Balaban J connectivity index is 1.53. The number of nitrogens with one attached hydrogen (secondary N) is 1. The van der Waals surface area contributed by atoms with Crippen LogP contribution in [0, 0.1) is 0 Å². The van der Waals surface area contributed by atoms with E-state index in [4.69, 9.17) is 9.97 Å². The molecule has 3 aromatic heterocycles. The van der Waals surface area contributed by atoms with Gasteiger partial charge in [0.1, 0.15) is 18.9 Å². The van der Waals surface area contributed by atoms with Gasteiger partial charge in [0.05, 0.1) is 36.6 Å². The van der Waals surface area contributed by atoms with Gasteiger partial charge in [-0.05, 0) is 32.0 Å². The predicted molar refractivity (Wildman–Crippen MR) is 128 cm³/mol. The molecule has 164 valence electrons. The van der Waals surface area contributed by atoms with Crippen LogP contribution in [0.1, 0.15) is 13.8 Å². The molecule has 0 atom stereocenters. The summed E-state index contributed by atoms with van der Waals surface area (Å²) in [5.41, 5.74) is 1.85. The van der Waals surface area contributed by atoms with Crippen LogP contribution in [0.5, 0.6) is 0 Å². The lowest BCUT2D eigenvalue weighted by Gasteiger charge is -2.32. The van der Waals surface area contributed by atoms with E-state index in [-0.39, 0.29) is 0 Å². The Bertz CT molecular complexity index is 1160. The zero-order valence-electron chi connectivity index (χ0n) is 18.6. The van der Waals surface area contributed by atoms with Crippen LogP contribution in [-0.4, -0.2) is 59.0 Å². The third kappa shape index (κ3) is 3.72. The maximum atomic E-state index is 5.03. The quantitative estimate of drug-likeness (QED) is 0.470. The Morgan fingerprint density at radius 1 is 0.875 bits per heavy atom. The molecule has 1 N–H and O–H groups in total. The molecule has 1 fully saturated rings. The molecule has 1 saturated heterocycles. The van der Waals surface area contributed by atoms with E-state index in [9.17, 15) is 0 Å². The van der Waals surface area contributed by atoms with E-state index in [2.05, 4.69) is 62.9 Å². The van der Waals surface area contributed by atoms with Crippen LogP contribution in [0.25, 0.3) is 16.7 Å². The largest absolute Gasteiger partial charge is 0.348 e. The van der Waals surface area contributed by atoms with Crippen LogP contribution in [-0.2, 0) is 0 Å². The van der Waals surface area contributed by atoms with E-state index in [0.717, 1.165) is 73.6 Å². The van der Waals surface area contributed by atoms with Gasteiger partial charge in [-0.15, -0.1) is 0 Å². The molecule has 0 bridgehead atoms. The van der Waals surface area contributed by atoms with Crippen molar-refractivity contribution in [3.63, 3.8) is 0 Å². The van der Waals surface area contributed by atoms with E-state index in [1.165, 1.54) is 0 Å². The molecule has 0 aliphatic carbocycles. The number of benzene rings is 1. The summed E-state index contributed by atoms with van der Waals surface area (Å²) in [7, 11) is 0. The first-order chi connectivity index (χ1) is 15.8. The van der Waals surface area contributed by atoms with Crippen LogP contribution in [0.4, 0.5) is 17.6 Å². The van der Waals surface area contributed by atoms with Gasteiger partial charge in [0.25, 0.3) is 5.82 Å². The number of H-pyrrole nitrogens is 1. The summed E-state index contributed by atoms with van der Waals surface area (Å²) in [5.74, 6) is 2.88. The smallest absolute Gasteiger partial charge is 0.274 e. The van der Waals surface area contributed by atoms with Crippen LogP contribution >= 0.6 is 0 Å². The van der Waals surface area contributed by atoms with Gasteiger partial charge in [0.2, 0.25) is 5.95 Å². The minimum Gasteiger partial charge on any atom is -0.348 e. The minimum atomic E-state index is 0.758. The fourth-order valence-electron chi connectivity index (χ4n) is 4.27. The van der Waals surface area contributed by atoms with E-state index >= 15 is 0 Å². The van der Waals surface area contributed by atoms with Crippen LogP contribution in [0.15, 0.2) is 60.9 Å². The highest BCUT2D eigenvalue weighted by Gasteiger charge is 2.27. The Kier molecular flexibility index (Phi) is 5.58. The van der Waals surface area contributed by atoms with Crippen molar-refractivity contribution in [2.75, 3.05) is 54.0 Å². The van der Waals surface area contributed by atoms with Crippen molar-refractivity contribution in [2.24, 2.45) is 0 Å². The minimum absolute atomic E-state index is 0.758. The second-order valence-corrected chi connectivity index (χ2v) is 7.87. The lowest BCUT2D eigenvalue weighted by Crippen LogP contribution is -2.48. The van der Waals surface area contributed by atoms with E-state index in [1.54, 1.807) is 0 Å². The SMILES string of the molecule is CCN(CC)c1nc(N2CCN(c3cccc[nH+]3)CC2)c2cnn(-c3ccccc3)c2n1. The number of anilines is 3. The zero-order valence-corrected chi connectivity index (χ0v) is 18.6. The molecule has 1 aromatic carbocycles. The monoisotopic (exact) mass is 429 g/mol. The van der Waals surface area contributed by atoms with Gasteiger partial charge in [0, 0.05) is 19.2 Å². The van der Waals surface area contributed by atoms with Gasteiger partial charge in [-0.1, -0.05) is 24.3 Å². The molecule has 5 rings (SSSR count). The standard InChI is InChI=1S/C24H28N8/c1-3-29(4-2)24-27-22(31-16-14-30(15-17-31)21-12-8-9-13-25-21)20-18-26-32(23(20)28-24)19-10-6-5-7-11-19/h5-13,18H,3-4,14-17H2,1-2H3/p+1. The molecule has 0 saturated carbocycles. The average Bonchev–Trinajstić information content (AvgIpc) is 3.30. The first-order valence-electron chi connectivity index (χ1n) is 11.3. The van der Waals surface area contributed by atoms with Crippen molar-refractivity contribution in [3.8, 4) is 5.69 Å². The molecule has 0 spiro atoms. The van der Waals surface area contributed by atoms with Gasteiger partial charge in [0.15, 0.2) is 5.65 Å². The molecular formula is C24H29N8+. The Hall–Kier alpha value is -3.68. The molecule has 0 radical (unpaired) electrons. The van der Waals surface area contributed by atoms with Crippen LogP contribution in [0.3, 0.4) is 0 Å². The maximum absolute atomic E-state index is 5.03. The fourth-order valence-corrected chi connectivity index (χ4v) is 4.27. The molecule has 0 amide bonds. The fraction of sp³-hybridized carbons (Fsp3) is 0.333. The van der Waals surface area contributed by atoms with Crippen LogP contribution in [0.2, 0.25) is 0 Å². The molecule has 4 aromatic rings. The third-order valence-electron chi connectivity index (χ3n) is 6.06. The summed E-state index contributed by atoms with van der Waals surface area (Å²) < 4.78 is 1.92. The second kappa shape index (κ2) is 8.82. The number of para-hydroxylation sites is 1. The Labute approximate surface area is 188 Å². The average molecular weight is 430 g/mol. The van der Waals surface area contributed by atoms with Crippen LogP contribution < -0.4 is 19.7 Å². The molecule has 1 aliphatic heterocycles. The molecular weight excluding hydrogens is 400 g/mol. The third-order valence-corrected chi connectivity index (χ3v) is 6.06. The van der Waals surface area contributed by atoms with Crippen molar-refractivity contribution >= 4 is 28.6 Å². The van der Waals surface area contributed by atoms with Gasteiger partial charge in [-0.25, -0.2) is 9.67 Å². The first kappa shape index (κ1) is 20.2. The lowest BCUT2D eigenvalue weighted by molar-refractivity contribution is -0.364. The normalized spacial score (nSPS) is 14.2. The summed E-state index contributed by atoms with van der Waals surface area (Å²) in [5, 5.41) is 5.68. The van der Waals surface area contributed by atoms with Gasteiger partial charge < -0.3 is 9.80 Å². The number of hydrogen-bond donors (Lipinski definition) is 0. The van der Waals surface area contributed by atoms with Gasteiger partial charge in [-0.2, -0.15) is 15.1 Å². The number of hydrogen-bond acceptors (Lipinski definition) is 6. The molecule has 32 heavy (non-hydrogen) atoms. The number of piperazine rings is 1. The molecule has 8 nitrogen and oxygen atoms in total. The van der Waals surface area contributed by atoms with Gasteiger partial charge in [-0.3, -0.25) is 4.90 Å². The highest BCUT2D eigenvalue weighted by Crippen LogP contribution is 2.29. The molecule has 8 heteroatoms. The van der Waals surface area contributed by atoms with Gasteiger partial charge >= 0.3 is 0 Å². The molecule has 0 unspecified atom stereocenters. The summed E-state index contributed by atoms with van der Waals surface area (Å²) in [6, 6.07) is 16.4. The number of aromatic nitrogens is 5. The number of fused-ring (bicyclic) bond motifs is 1. The van der Waals surface area contributed by atoms with Crippen molar-refractivity contribution in [1.82, 2.24) is 19.7 Å². The van der Waals surface area contributed by atoms with Crippen molar-refractivity contribution in [2.45, 2.75) is 13.8 Å². The zero-order chi connectivity index (χ0) is 21.9. The lowest BCUT2D eigenvalue weighted by atomic mass is 10.2. The van der Waals surface area contributed by atoms with Crippen molar-refractivity contribution in [3.05, 3.63) is 60.9 Å². The Morgan fingerprint density at radius 3 is 2.28 bits per heavy atom. The van der Waals surface area contributed by atoms with E-state index < -0.39 is 0 Å². The number of aromatic amines is 1. The van der Waals surface area contributed by atoms with E-state index in [0.29, 0.717) is 0 Å². The topological polar surface area (TPSA) is 67.5 Å². The van der Waals surface area contributed by atoms with E-state index in [1.807, 2.05) is 41.3 Å². The summed E-state index contributed by atoms with van der Waals surface area (Å²) in [6.45, 7) is 9.64. The predicted octanol–water partition coefficient (Wildman–Crippen LogP) is 2.80. The number of rotatable bonds is 6.